The molecule has 18 heavy (non-hydrogen) atoms. The summed E-state index contributed by atoms with van der Waals surface area (Å²) in [5.41, 5.74) is 1.52. The summed E-state index contributed by atoms with van der Waals surface area (Å²) >= 11 is 1.28. The molecule has 0 aliphatic rings. The van der Waals surface area contributed by atoms with E-state index in [0.717, 1.165) is 5.69 Å². The van der Waals surface area contributed by atoms with E-state index in [1.807, 2.05) is 0 Å². The maximum atomic E-state index is 13.1. The van der Waals surface area contributed by atoms with Crippen LogP contribution in [0.1, 0.15) is 16.1 Å². The average Bonchev–Trinajstić information content (AvgIpc) is 2.81. The standard InChI is InChI=1S/C12H11FN2O2S/c1-7-5-8(3-4-9(7)13)14-12-15-10(6-18-12)11(16)17-2/h3-6H,1-2H3,(H,14,15). The minimum absolute atomic E-state index is 0.254. The number of nitrogens with zero attached hydrogens (tertiary/aromatic N) is 1. The van der Waals surface area contributed by atoms with Crippen LogP contribution in [-0.4, -0.2) is 18.1 Å². The molecule has 0 unspecified atom stereocenters. The number of aryl methyl sites for hydroxylation is 1. The highest BCUT2D eigenvalue weighted by Crippen LogP contribution is 2.22. The molecule has 2 aromatic rings. The third-order valence-corrected chi connectivity index (χ3v) is 3.07. The number of nitrogens with one attached hydrogen (secondary N) is 1. The molecule has 0 saturated carbocycles. The normalized spacial score (nSPS) is 10.2. The van der Waals surface area contributed by atoms with Gasteiger partial charge in [-0.1, -0.05) is 0 Å². The van der Waals surface area contributed by atoms with E-state index in [0.29, 0.717) is 10.7 Å². The lowest BCUT2D eigenvalue weighted by molar-refractivity contribution is 0.0595. The summed E-state index contributed by atoms with van der Waals surface area (Å²) in [6.07, 6.45) is 0. The molecular weight excluding hydrogens is 255 g/mol. The minimum atomic E-state index is -0.477. The van der Waals surface area contributed by atoms with Gasteiger partial charge in [-0.3, -0.25) is 0 Å². The number of ether oxygens (including phenoxy) is 1. The van der Waals surface area contributed by atoms with Crippen LogP contribution in [0, 0.1) is 12.7 Å². The van der Waals surface area contributed by atoms with Crippen molar-refractivity contribution in [2.45, 2.75) is 6.92 Å². The van der Waals surface area contributed by atoms with Crippen LogP contribution in [0.5, 0.6) is 0 Å². The maximum Gasteiger partial charge on any atom is 0.357 e. The molecular formula is C12H11FN2O2S. The summed E-state index contributed by atoms with van der Waals surface area (Å²) in [5.74, 6) is -0.732. The third kappa shape index (κ3) is 2.65. The molecule has 0 bridgehead atoms. The smallest absolute Gasteiger partial charge is 0.357 e. The summed E-state index contributed by atoms with van der Waals surface area (Å²) in [7, 11) is 1.30. The second-order valence-electron chi connectivity index (χ2n) is 3.62. The first-order valence-corrected chi connectivity index (χ1v) is 6.05. The molecule has 1 heterocycles. The van der Waals surface area contributed by atoms with Crippen molar-refractivity contribution in [1.82, 2.24) is 4.98 Å². The van der Waals surface area contributed by atoms with Crippen LogP contribution in [0.2, 0.25) is 0 Å². The number of hydrogen-bond donors (Lipinski definition) is 1. The van der Waals surface area contributed by atoms with Crippen LogP contribution in [0.25, 0.3) is 0 Å². The number of carbonyl (C=O) groups excluding carboxylic acids is 1. The first-order chi connectivity index (χ1) is 8.60. The Hall–Kier alpha value is -1.95. The Kier molecular flexibility index (Phi) is 3.57. The van der Waals surface area contributed by atoms with Gasteiger partial charge in [0.05, 0.1) is 7.11 Å². The number of anilines is 2. The lowest BCUT2D eigenvalue weighted by atomic mass is 10.2. The lowest BCUT2D eigenvalue weighted by Gasteiger charge is -2.04. The van der Waals surface area contributed by atoms with Gasteiger partial charge in [0.2, 0.25) is 0 Å². The molecule has 1 N–H and O–H groups in total. The molecule has 0 spiro atoms. The Morgan fingerprint density at radius 2 is 2.28 bits per heavy atom. The average molecular weight is 266 g/mol. The van der Waals surface area contributed by atoms with Gasteiger partial charge in [-0.05, 0) is 30.7 Å². The van der Waals surface area contributed by atoms with Gasteiger partial charge in [0.25, 0.3) is 0 Å². The molecule has 2 rings (SSSR count). The SMILES string of the molecule is COC(=O)c1csc(Nc2ccc(F)c(C)c2)n1. The number of benzene rings is 1. The van der Waals surface area contributed by atoms with E-state index in [1.165, 1.54) is 24.5 Å². The van der Waals surface area contributed by atoms with Crippen molar-refractivity contribution in [3.63, 3.8) is 0 Å². The zero-order chi connectivity index (χ0) is 13.1. The van der Waals surface area contributed by atoms with Crippen molar-refractivity contribution in [2.75, 3.05) is 12.4 Å². The molecule has 94 valence electrons. The summed E-state index contributed by atoms with van der Waals surface area (Å²) in [6, 6.07) is 4.67. The summed E-state index contributed by atoms with van der Waals surface area (Å²) < 4.78 is 17.7. The van der Waals surface area contributed by atoms with E-state index < -0.39 is 5.97 Å². The molecule has 0 aliphatic heterocycles. The van der Waals surface area contributed by atoms with Crippen LogP contribution in [0.15, 0.2) is 23.6 Å². The first kappa shape index (κ1) is 12.5. The highest BCUT2D eigenvalue weighted by atomic mass is 32.1. The zero-order valence-electron chi connectivity index (χ0n) is 9.86. The molecule has 6 heteroatoms. The quantitative estimate of drug-likeness (QED) is 0.867. The first-order valence-electron chi connectivity index (χ1n) is 5.17. The zero-order valence-corrected chi connectivity index (χ0v) is 10.7. The minimum Gasteiger partial charge on any atom is -0.464 e. The van der Waals surface area contributed by atoms with Crippen molar-refractivity contribution in [3.8, 4) is 0 Å². The van der Waals surface area contributed by atoms with Crippen molar-refractivity contribution in [2.24, 2.45) is 0 Å². The third-order valence-electron chi connectivity index (χ3n) is 2.31. The fourth-order valence-corrected chi connectivity index (χ4v) is 2.08. The Balaban J connectivity index is 2.16. The number of thiazole rings is 1. The van der Waals surface area contributed by atoms with Crippen molar-refractivity contribution >= 4 is 28.1 Å². The Morgan fingerprint density at radius 3 is 2.94 bits per heavy atom. The number of hydrogen-bond acceptors (Lipinski definition) is 5. The molecule has 0 fully saturated rings. The molecule has 0 atom stereocenters. The van der Waals surface area contributed by atoms with E-state index in [-0.39, 0.29) is 11.5 Å². The van der Waals surface area contributed by atoms with Crippen molar-refractivity contribution < 1.29 is 13.9 Å². The second kappa shape index (κ2) is 5.14. The van der Waals surface area contributed by atoms with Crippen molar-refractivity contribution in [1.29, 1.82) is 0 Å². The van der Waals surface area contributed by atoms with Gasteiger partial charge in [-0.25, -0.2) is 14.2 Å². The number of halogens is 1. The van der Waals surface area contributed by atoms with E-state index >= 15 is 0 Å². The lowest BCUT2D eigenvalue weighted by Crippen LogP contribution is -2.01. The molecule has 0 radical (unpaired) electrons. The van der Waals surface area contributed by atoms with E-state index in [4.69, 9.17) is 0 Å². The summed E-state index contributed by atoms with van der Waals surface area (Å²) in [4.78, 5) is 15.3. The molecule has 1 aromatic carbocycles. The fraction of sp³-hybridized carbons (Fsp3) is 0.167. The molecule has 0 saturated heterocycles. The Bertz CT molecular complexity index is 583. The van der Waals surface area contributed by atoms with Crippen LogP contribution < -0.4 is 5.32 Å². The van der Waals surface area contributed by atoms with Gasteiger partial charge < -0.3 is 10.1 Å². The van der Waals surface area contributed by atoms with Crippen LogP contribution in [0.4, 0.5) is 15.2 Å². The Morgan fingerprint density at radius 1 is 1.50 bits per heavy atom. The van der Waals surface area contributed by atoms with Gasteiger partial charge in [0, 0.05) is 11.1 Å². The van der Waals surface area contributed by atoms with E-state index in [9.17, 15) is 9.18 Å². The number of rotatable bonds is 3. The monoisotopic (exact) mass is 266 g/mol. The summed E-state index contributed by atoms with van der Waals surface area (Å²) in [5, 5.41) is 5.16. The maximum absolute atomic E-state index is 13.1. The topological polar surface area (TPSA) is 51.2 Å². The fourth-order valence-electron chi connectivity index (χ4n) is 1.38. The van der Waals surface area contributed by atoms with Crippen LogP contribution in [-0.2, 0) is 4.74 Å². The number of esters is 1. The molecule has 4 nitrogen and oxygen atoms in total. The summed E-state index contributed by atoms with van der Waals surface area (Å²) in [6.45, 7) is 1.68. The van der Waals surface area contributed by atoms with Crippen LogP contribution in [0.3, 0.4) is 0 Å². The number of aromatic nitrogens is 1. The highest BCUT2D eigenvalue weighted by molar-refractivity contribution is 7.14. The number of carbonyl (C=O) groups is 1. The predicted octanol–water partition coefficient (Wildman–Crippen LogP) is 3.12. The van der Waals surface area contributed by atoms with Crippen LogP contribution >= 0.6 is 11.3 Å². The largest absolute Gasteiger partial charge is 0.464 e. The van der Waals surface area contributed by atoms with E-state index in [2.05, 4.69) is 15.0 Å². The highest BCUT2D eigenvalue weighted by Gasteiger charge is 2.10. The molecule has 0 aliphatic carbocycles. The van der Waals surface area contributed by atoms with Gasteiger partial charge in [0.1, 0.15) is 5.82 Å². The second-order valence-corrected chi connectivity index (χ2v) is 4.48. The van der Waals surface area contributed by atoms with Gasteiger partial charge in [-0.15, -0.1) is 11.3 Å². The Labute approximate surface area is 107 Å². The predicted molar refractivity (Wildman–Crippen MR) is 67.9 cm³/mol. The van der Waals surface area contributed by atoms with Crippen molar-refractivity contribution in [3.05, 3.63) is 40.7 Å². The molecule has 0 amide bonds. The van der Waals surface area contributed by atoms with E-state index in [1.54, 1.807) is 24.4 Å². The number of methoxy groups -OCH3 is 1. The van der Waals surface area contributed by atoms with Gasteiger partial charge >= 0.3 is 5.97 Å². The van der Waals surface area contributed by atoms with Gasteiger partial charge in [0.15, 0.2) is 10.8 Å². The van der Waals surface area contributed by atoms with Gasteiger partial charge in [-0.2, -0.15) is 0 Å². The molecule has 1 aromatic heterocycles.